The third-order valence-corrected chi connectivity index (χ3v) is 8.63. The molecule has 4 heteroatoms. The summed E-state index contributed by atoms with van der Waals surface area (Å²) in [5, 5.41) is 1.60. The van der Waals surface area contributed by atoms with Crippen molar-refractivity contribution in [3.8, 4) is 11.1 Å². The minimum atomic E-state index is -1.07. The molecule has 0 fully saturated rings. The maximum atomic E-state index is 3.43. The van der Waals surface area contributed by atoms with Crippen LogP contribution in [0.3, 0.4) is 0 Å². The average Bonchev–Trinajstić information content (AvgIpc) is 3.34. The van der Waals surface area contributed by atoms with Crippen LogP contribution in [0.5, 0.6) is 0 Å². The minimum absolute atomic E-state index is 0. The summed E-state index contributed by atoms with van der Waals surface area (Å²) in [5.74, 6) is 0.553. The van der Waals surface area contributed by atoms with Gasteiger partial charge in [-0.15, -0.1) is 5.56 Å². The molecule has 5 rings (SSSR count). The molecule has 0 spiro atoms. The van der Waals surface area contributed by atoms with E-state index in [1.807, 2.05) is 12.1 Å². The Bertz CT molecular complexity index is 1080. The summed E-state index contributed by atoms with van der Waals surface area (Å²) in [6.45, 7) is 11.6. The van der Waals surface area contributed by atoms with Crippen LogP contribution in [0.25, 0.3) is 11.1 Å². The second-order valence-electron chi connectivity index (χ2n) is 9.34. The fourth-order valence-electron chi connectivity index (χ4n) is 4.20. The Balaban J connectivity index is 0.000000255. The van der Waals surface area contributed by atoms with Crippen molar-refractivity contribution >= 4 is 11.8 Å². The van der Waals surface area contributed by atoms with Crippen LogP contribution in [-0.2, 0) is 30.7 Å². The number of hydrogen-bond donors (Lipinski definition) is 0. The molecule has 1 unspecified atom stereocenters. The standard InChI is InChI=1S/C13H9.C10H17Si.C7H6.2ClH.Zr/c1-3-7-12-10(5-1)9-11-6-2-4-8-13(11)12;1-8-6-9(2)10(7-8)11(3,4)5;1-7-5-3-2-4-6-7;;;/h1-5,7-8H,9H2;7-8H,1-5H3;1-6H;2*1H;/q2*-1;;;;+2/p-2. The molecular weight excluding hydrogens is 551 g/mol. The van der Waals surface area contributed by atoms with Crippen LogP contribution in [0.1, 0.15) is 30.5 Å². The first-order valence-corrected chi connectivity index (χ1v) is 16.2. The number of halogens is 2. The van der Waals surface area contributed by atoms with Crippen molar-refractivity contribution in [2.45, 2.75) is 39.9 Å². The fraction of sp³-hybridized carbons (Fsp3) is 0.233. The van der Waals surface area contributed by atoms with E-state index >= 15 is 0 Å². The van der Waals surface area contributed by atoms with Crippen molar-refractivity contribution in [2.24, 2.45) is 5.92 Å². The predicted molar refractivity (Wildman–Crippen MR) is 138 cm³/mol. The summed E-state index contributed by atoms with van der Waals surface area (Å²) in [5.41, 5.74) is 8.23. The molecule has 1 atom stereocenters. The average molecular weight is 583 g/mol. The van der Waals surface area contributed by atoms with Crippen LogP contribution in [0.4, 0.5) is 0 Å². The van der Waals surface area contributed by atoms with Crippen molar-refractivity contribution in [1.29, 1.82) is 0 Å². The molecule has 2 aliphatic rings. The molecule has 0 amide bonds. The zero-order valence-corrected chi connectivity index (χ0v) is 25.6. The van der Waals surface area contributed by atoms with Crippen LogP contribution in [0.2, 0.25) is 19.6 Å². The third kappa shape index (κ3) is 8.42. The van der Waals surface area contributed by atoms with E-state index in [0.717, 1.165) is 6.42 Å². The van der Waals surface area contributed by atoms with Crippen molar-refractivity contribution in [3.05, 3.63) is 118 Å². The number of allylic oxidation sites excluding steroid dienone is 4. The van der Waals surface area contributed by atoms with Gasteiger partial charge in [0.15, 0.2) is 0 Å². The van der Waals surface area contributed by atoms with Crippen LogP contribution >= 0.6 is 0 Å². The largest absolute Gasteiger partial charge is 0.179 e. The molecule has 3 aromatic carbocycles. The zero-order valence-electron chi connectivity index (χ0n) is 20.6. The van der Waals surface area contributed by atoms with Gasteiger partial charge in [-0.05, 0) is 14.5 Å². The Morgan fingerprint density at radius 2 is 1.50 bits per heavy atom. The van der Waals surface area contributed by atoms with Crippen LogP contribution < -0.4 is 24.8 Å². The Morgan fingerprint density at radius 1 is 0.882 bits per heavy atom. The molecule has 0 saturated carbocycles. The summed E-state index contributed by atoms with van der Waals surface area (Å²) in [6, 6.07) is 28.5. The van der Waals surface area contributed by atoms with Gasteiger partial charge in [0, 0.05) is 0 Å². The zero-order chi connectivity index (χ0) is 23.1. The van der Waals surface area contributed by atoms with Gasteiger partial charge in [0.25, 0.3) is 0 Å². The number of rotatable bonds is 2. The second kappa shape index (κ2) is 14.3. The third-order valence-electron chi connectivity index (χ3n) is 5.66. The topological polar surface area (TPSA) is 0 Å². The van der Waals surface area contributed by atoms with Gasteiger partial charge < -0.3 is 24.8 Å². The molecule has 0 heterocycles. The number of hydrogen-bond acceptors (Lipinski definition) is 0. The molecule has 0 saturated heterocycles. The number of benzene rings is 3. The van der Waals surface area contributed by atoms with E-state index in [1.54, 1.807) is 5.20 Å². The first-order chi connectivity index (χ1) is 15.3. The van der Waals surface area contributed by atoms with Gasteiger partial charge in [-0.3, -0.25) is 6.08 Å². The first-order valence-electron chi connectivity index (χ1n) is 11.3. The van der Waals surface area contributed by atoms with Gasteiger partial charge in [0.05, 0.1) is 0 Å². The molecule has 2 aliphatic carbocycles. The van der Waals surface area contributed by atoms with Crippen LogP contribution in [0, 0.1) is 18.1 Å². The van der Waals surface area contributed by atoms with E-state index < -0.39 is 8.07 Å². The van der Waals surface area contributed by atoms with Crippen molar-refractivity contribution in [2.75, 3.05) is 0 Å². The second-order valence-corrected chi connectivity index (χ2v) is 15.1. The quantitative estimate of drug-likeness (QED) is 0.249. The van der Waals surface area contributed by atoms with Gasteiger partial charge in [0.1, 0.15) is 0 Å². The monoisotopic (exact) mass is 580 g/mol. The summed E-state index contributed by atoms with van der Waals surface area (Å²) in [7, 11) is -1.07. The Kier molecular flexibility index (Phi) is 12.9. The molecule has 0 bridgehead atoms. The van der Waals surface area contributed by atoms with E-state index in [0.29, 0.717) is 5.92 Å². The summed E-state index contributed by atoms with van der Waals surface area (Å²) < 4.78 is 2.17. The molecule has 0 N–H and O–H groups in total. The van der Waals surface area contributed by atoms with Gasteiger partial charge in [-0.1, -0.05) is 74.8 Å². The normalized spacial score (nSPS) is 14.9. The SMILES string of the molecule is CC1=[C-]C(C)C=C1[Si](C)(C)C.[Cl-].[Cl-].[Zr+2]=[CH]c1ccccc1.[c-]1cccc2c1Cc1ccccc1-2. The Hall–Kier alpha value is -1.31. The molecule has 0 nitrogen and oxygen atoms in total. The molecule has 0 aliphatic heterocycles. The van der Waals surface area contributed by atoms with Gasteiger partial charge in [-0.2, -0.15) is 35.9 Å². The van der Waals surface area contributed by atoms with Crippen molar-refractivity contribution in [1.82, 2.24) is 0 Å². The van der Waals surface area contributed by atoms with Crippen LogP contribution in [0.15, 0.2) is 89.6 Å². The molecule has 34 heavy (non-hydrogen) atoms. The molecular formula is C30H32Cl2SiZr-2. The van der Waals surface area contributed by atoms with Gasteiger partial charge in [-0.25, -0.2) is 10.8 Å². The smallest absolute Gasteiger partial charge is 0.0253 e. The van der Waals surface area contributed by atoms with E-state index in [4.69, 9.17) is 0 Å². The maximum Gasteiger partial charge on any atom is -0.0253 e. The van der Waals surface area contributed by atoms with E-state index in [9.17, 15) is 0 Å². The van der Waals surface area contributed by atoms with Gasteiger partial charge >= 0.3 is 63.8 Å². The molecule has 176 valence electrons. The summed E-state index contributed by atoms with van der Waals surface area (Å²) in [6.07, 6.45) is 6.86. The van der Waals surface area contributed by atoms with E-state index in [1.165, 1.54) is 57.6 Å². The Labute approximate surface area is 234 Å². The molecule has 0 aromatic heterocycles. The van der Waals surface area contributed by atoms with E-state index in [-0.39, 0.29) is 24.8 Å². The van der Waals surface area contributed by atoms with E-state index in [2.05, 4.69) is 116 Å². The van der Waals surface area contributed by atoms with Crippen molar-refractivity contribution in [3.63, 3.8) is 0 Å². The predicted octanol–water partition coefficient (Wildman–Crippen LogP) is 1.64. The minimum Gasteiger partial charge on any atom is -0.179 e. The van der Waals surface area contributed by atoms with Crippen molar-refractivity contribution < 1.29 is 49.0 Å². The fourth-order valence-corrected chi connectivity index (χ4v) is 6.62. The molecule has 3 aromatic rings. The number of fused-ring (bicyclic) bond motifs is 3. The van der Waals surface area contributed by atoms with Gasteiger partial charge in [0.2, 0.25) is 0 Å². The van der Waals surface area contributed by atoms with Crippen LogP contribution in [-0.4, -0.2) is 11.8 Å². The maximum absolute atomic E-state index is 3.43. The molecule has 0 radical (unpaired) electrons. The summed E-state index contributed by atoms with van der Waals surface area (Å²) in [4.78, 5) is 0. The first kappa shape index (κ1) is 30.7. The summed E-state index contributed by atoms with van der Waals surface area (Å²) >= 11 is 1.46. The Morgan fingerprint density at radius 3 is 2.03 bits per heavy atom.